The summed E-state index contributed by atoms with van der Waals surface area (Å²) in [4.78, 5) is 0. The highest BCUT2D eigenvalue weighted by molar-refractivity contribution is 5.28. The first-order valence-electron chi connectivity index (χ1n) is 7.33. The largest absolute Gasteiger partial charge is 0.394 e. The van der Waals surface area contributed by atoms with Gasteiger partial charge in [0.25, 0.3) is 0 Å². The summed E-state index contributed by atoms with van der Waals surface area (Å²) >= 11 is 0. The molecule has 4 atom stereocenters. The third-order valence-corrected chi connectivity index (χ3v) is 3.87. The molecule has 2 saturated heterocycles. The topological polar surface area (TPSA) is 68.2 Å². The molecule has 0 unspecified atom stereocenters. The summed E-state index contributed by atoms with van der Waals surface area (Å²) in [5.41, 5.74) is -0.527. The second kappa shape index (κ2) is 5.65. The van der Waals surface area contributed by atoms with E-state index in [4.69, 9.17) is 14.2 Å². The maximum Gasteiger partial charge on any atom is 0.191 e. The third kappa shape index (κ3) is 2.76. The Balaban J connectivity index is 1.80. The molecule has 5 nitrogen and oxygen atoms in total. The number of ether oxygens (including phenoxy) is 3. The van der Waals surface area contributed by atoms with Crippen molar-refractivity contribution in [2.45, 2.75) is 50.2 Å². The van der Waals surface area contributed by atoms with Crippen LogP contribution in [0.2, 0.25) is 0 Å². The molecule has 2 N–H and O–H groups in total. The molecule has 1 aromatic carbocycles. The Bertz CT molecular complexity index is 588. The first-order chi connectivity index (χ1) is 10.4. The Morgan fingerprint density at radius 1 is 1.18 bits per heavy atom. The lowest BCUT2D eigenvalue weighted by atomic mass is 9.93. The summed E-state index contributed by atoms with van der Waals surface area (Å²) < 4.78 is 16.8. The summed E-state index contributed by atoms with van der Waals surface area (Å²) in [5, 5.41) is 20.3. The summed E-state index contributed by atoms with van der Waals surface area (Å²) in [6, 6.07) is 9.75. The average molecular weight is 304 g/mol. The minimum absolute atomic E-state index is 0.351. The van der Waals surface area contributed by atoms with E-state index in [2.05, 4.69) is 11.8 Å². The lowest BCUT2D eigenvalue weighted by Gasteiger charge is -2.28. The fourth-order valence-electron chi connectivity index (χ4n) is 2.79. The SMILES string of the molecule is CC1(C)O[C@H]2O[C@H](CO)[C@](O)(C#CCc3ccccc3)[C@H]2O1. The van der Waals surface area contributed by atoms with Crippen LogP contribution in [0.25, 0.3) is 0 Å². The maximum atomic E-state index is 10.9. The van der Waals surface area contributed by atoms with Gasteiger partial charge in [0.15, 0.2) is 23.8 Å². The predicted octanol–water partition coefficient (Wildman–Crippen LogP) is 0.832. The normalized spacial score (nSPS) is 35.7. The van der Waals surface area contributed by atoms with E-state index in [0.29, 0.717) is 6.42 Å². The van der Waals surface area contributed by atoms with Crippen molar-refractivity contribution in [3.8, 4) is 11.8 Å². The van der Waals surface area contributed by atoms with Crippen LogP contribution in [0.1, 0.15) is 19.4 Å². The van der Waals surface area contributed by atoms with Crippen LogP contribution < -0.4 is 0 Å². The second-order valence-electron chi connectivity index (χ2n) is 6.02. The van der Waals surface area contributed by atoms with Gasteiger partial charge in [-0.3, -0.25) is 0 Å². The minimum atomic E-state index is -1.58. The summed E-state index contributed by atoms with van der Waals surface area (Å²) in [6.45, 7) is 3.15. The molecule has 1 aromatic rings. The molecule has 2 aliphatic heterocycles. The predicted molar refractivity (Wildman–Crippen MR) is 78.7 cm³/mol. The van der Waals surface area contributed by atoms with E-state index in [0.717, 1.165) is 5.56 Å². The van der Waals surface area contributed by atoms with Crippen LogP contribution in [0.4, 0.5) is 0 Å². The van der Waals surface area contributed by atoms with Gasteiger partial charge in [0.05, 0.1) is 6.61 Å². The Morgan fingerprint density at radius 2 is 1.91 bits per heavy atom. The lowest BCUT2D eigenvalue weighted by molar-refractivity contribution is -0.225. The molecule has 118 valence electrons. The summed E-state index contributed by atoms with van der Waals surface area (Å²) in [6.07, 6.45) is -1.80. The molecule has 22 heavy (non-hydrogen) atoms. The molecule has 0 radical (unpaired) electrons. The van der Waals surface area contributed by atoms with Gasteiger partial charge in [0, 0.05) is 6.42 Å². The Hall–Kier alpha value is -1.42. The first-order valence-corrected chi connectivity index (χ1v) is 7.33. The van der Waals surface area contributed by atoms with Gasteiger partial charge >= 0.3 is 0 Å². The highest BCUT2D eigenvalue weighted by Crippen LogP contribution is 2.42. The standard InChI is InChI=1S/C17H20O5/c1-16(2)21-14-15(22-16)20-13(11-18)17(14,19)10-6-9-12-7-4-3-5-8-12/h3-5,7-8,13-15,18-19H,9,11H2,1-2H3/t13-,14+,15-,17-/m1/s1. The van der Waals surface area contributed by atoms with Crippen LogP contribution >= 0.6 is 0 Å². The smallest absolute Gasteiger partial charge is 0.191 e. The van der Waals surface area contributed by atoms with Crippen LogP contribution in [0.15, 0.2) is 30.3 Å². The van der Waals surface area contributed by atoms with Gasteiger partial charge in [-0.05, 0) is 19.4 Å². The van der Waals surface area contributed by atoms with Gasteiger partial charge in [0.1, 0.15) is 6.10 Å². The van der Waals surface area contributed by atoms with E-state index in [9.17, 15) is 10.2 Å². The second-order valence-corrected chi connectivity index (χ2v) is 6.02. The number of hydrogen-bond donors (Lipinski definition) is 2. The zero-order valence-electron chi connectivity index (χ0n) is 12.7. The Morgan fingerprint density at radius 3 is 2.59 bits per heavy atom. The number of hydrogen-bond acceptors (Lipinski definition) is 5. The van der Waals surface area contributed by atoms with Crippen molar-refractivity contribution in [2.24, 2.45) is 0 Å². The van der Waals surface area contributed by atoms with Gasteiger partial charge in [0.2, 0.25) is 0 Å². The first kappa shape index (κ1) is 15.5. The molecule has 0 bridgehead atoms. The van der Waals surface area contributed by atoms with E-state index in [1.165, 1.54) is 0 Å². The minimum Gasteiger partial charge on any atom is -0.394 e. The number of fused-ring (bicyclic) bond motifs is 1. The van der Waals surface area contributed by atoms with Crippen molar-refractivity contribution in [1.29, 1.82) is 0 Å². The monoisotopic (exact) mass is 304 g/mol. The van der Waals surface area contributed by atoms with Gasteiger partial charge in [-0.1, -0.05) is 42.2 Å². The van der Waals surface area contributed by atoms with Crippen LogP contribution in [0.5, 0.6) is 0 Å². The molecule has 3 rings (SSSR count). The highest BCUT2D eigenvalue weighted by Gasteiger charge is 2.62. The van der Waals surface area contributed by atoms with Gasteiger partial charge in [-0.25, -0.2) is 0 Å². The zero-order valence-corrected chi connectivity index (χ0v) is 12.7. The summed E-state index contributed by atoms with van der Waals surface area (Å²) in [5.74, 6) is 4.95. The van der Waals surface area contributed by atoms with Crippen LogP contribution in [0, 0.1) is 11.8 Å². The molecular weight excluding hydrogens is 284 g/mol. The average Bonchev–Trinajstić information content (AvgIpc) is 2.92. The fraction of sp³-hybridized carbons (Fsp3) is 0.529. The number of benzene rings is 1. The van der Waals surface area contributed by atoms with Crippen molar-refractivity contribution in [3.63, 3.8) is 0 Å². The molecule has 2 heterocycles. The lowest BCUT2D eigenvalue weighted by Crippen LogP contribution is -2.49. The quantitative estimate of drug-likeness (QED) is 0.792. The van der Waals surface area contributed by atoms with Crippen molar-refractivity contribution in [3.05, 3.63) is 35.9 Å². The zero-order chi connectivity index (χ0) is 15.8. The van der Waals surface area contributed by atoms with Gasteiger partial charge in [-0.15, -0.1) is 0 Å². The Labute approximate surface area is 129 Å². The number of aliphatic hydroxyl groups excluding tert-OH is 1. The van der Waals surface area contributed by atoms with Crippen molar-refractivity contribution in [2.75, 3.05) is 6.61 Å². The molecule has 0 saturated carbocycles. The van der Waals surface area contributed by atoms with Crippen LogP contribution in [-0.2, 0) is 20.6 Å². The number of aliphatic hydroxyl groups is 2. The maximum absolute atomic E-state index is 10.9. The van der Waals surface area contributed by atoms with Crippen molar-refractivity contribution >= 4 is 0 Å². The molecular formula is C17H20O5. The van der Waals surface area contributed by atoms with Crippen LogP contribution in [-0.4, -0.2) is 46.7 Å². The van der Waals surface area contributed by atoms with E-state index < -0.39 is 29.9 Å². The molecule has 2 fully saturated rings. The highest BCUT2D eigenvalue weighted by atomic mass is 16.8. The van der Waals surface area contributed by atoms with Crippen molar-refractivity contribution < 1.29 is 24.4 Å². The van der Waals surface area contributed by atoms with E-state index in [1.54, 1.807) is 13.8 Å². The number of rotatable bonds is 2. The van der Waals surface area contributed by atoms with Crippen LogP contribution in [0.3, 0.4) is 0 Å². The third-order valence-electron chi connectivity index (χ3n) is 3.87. The van der Waals surface area contributed by atoms with Crippen molar-refractivity contribution in [1.82, 2.24) is 0 Å². The molecule has 0 aliphatic carbocycles. The molecule has 0 aromatic heterocycles. The van der Waals surface area contributed by atoms with Gasteiger partial charge in [-0.2, -0.15) is 0 Å². The molecule has 0 spiro atoms. The molecule has 2 aliphatic rings. The van der Waals surface area contributed by atoms with E-state index >= 15 is 0 Å². The van der Waals surface area contributed by atoms with E-state index in [-0.39, 0.29) is 6.61 Å². The molecule has 5 heteroatoms. The van der Waals surface area contributed by atoms with Gasteiger partial charge < -0.3 is 24.4 Å². The Kier molecular flexibility index (Phi) is 3.98. The fourth-order valence-corrected chi connectivity index (χ4v) is 2.79. The molecule has 0 amide bonds. The van der Waals surface area contributed by atoms with E-state index in [1.807, 2.05) is 30.3 Å². The summed E-state index contributed by atoms with van der Waals surface area (Å²) in [7, 11) is 0.